The Bertz CT molecular complexity index is 1250. The Morgan fingerprint density at radius 1 is 1.14 bits per heavy atom. The van der Waals surface area contributed by atoms with Gasteiger partial charge in [0.25, 0.3) is 5.91 Å². The summed E-state index contributed by atoms with van der Waals surface area (Å²) in [6, 6.07) is 10.0. The second-order valence-corrected chi connectivity index (χ2v) is 8.20. The topological polar surface area (TPSA) is 83.9 Å². The van der Waals surface area contributed by atoms with Crippen LogP contribution in [0.5, 0.6) is 0 Å². The molecular formula is C21H18N6OS. The number of para-hydroxylation sites is 1. The lowest BCUT2D eigenvalue weighted by molar-refractivity contribution is 0.0754. The van der Waals surface area contributed by atoms with Crippen molar-refractivity contribution in [2.45, 2.75) is 26.9 Å². The Morgan fingerprint density at radius 2 is 2.00 bits per heavy atom. The number of rotatable bonds is 3. The van der Waals surface area contributed by atoms with Crippen molar-refractivity contribution in [2.75, 3.05) is 5.32 Å². The first-order valence-electron chi connectivity index (χ1n) is 9.26. The number of aromatic nitrogens is 4. The normalized spacial score (nSPS) is 13.0. The zero-order valence-corrected chi connectivity index (χ0v) is 16.8. The molecule has 3 aromatic heterocycles. The van der Waals surface area contributed by atoms with Crippen LogP contribution in [0.2, 0.25) is 0 Å². The number of benzene rings is 1. The van der Waals surface area contributed by atoms with E-state index in [1.165, 1.54) is 17.7 Å². The van der Waals surface area contributed by atoms with Crippen LogP contribution in [0.3, 0.4) is 0 Å². The Hall–Kier alpha value is -3.39. The molecule has 4 heterocycles. The summed E-state index contributed by atoms with van der Waals surface area (Å²) in [5.74, 6) is 0.698. The predicted octanol–water partition coefficient (Wildman–Crippen LogP) is 4.00. The number of nitrogens with one attached hydrogen (secondary N) is 1. The fourth-order valence-corrected chi connectivity index (χ4v) is 4.47. The SMILES string of the molecule is Cc1nc(C)c(C(=O)N2Cc3ncnc(Nc4cnc5ccccc5c4)c3C2)s1. The number of fused-ring (bicyclic) bond motifs is 2. The lowest BCUT2D eigenvalue weighted by Crippen LogP contribution is -2.25. The minimum Gasteiger partial charge on any atom is -0.339 e. The van der Waals surface area contributed by atoms with Gasteiger partial charge in [0.1, 0.15) is 17.0 Å². The van der Waals surface area contributed by atoms with Gasteiger partial charge in [-0.1, -0.05) is 18.2 Å². The summed E-state index contributed by atoms with van der Waals surface area (Å²) >= 11 is 1.43. The van der Waals surface area contributed by atoms with Crippen molar-refractivity contribution in [3.05, 3.63) is 69.7 Å². The summed E-state index contributed by atoms with van der Waals surface area (Å²) in [6.07, 6.45) is 3.32. The summed E-state index contributed by atoms with van der Waals surface area (Å²) in [7, 11) is 0. The second-order valence-electron chi connectivity index (χ2n) is 7.00. The number of amides is 1. The smallest absolute Gasteiger partial charge is 0.266 e. The lowest BCUT2D eigenvalue weighted by Gasteiger charge is -2.14. The molecule has 5 rings (SSSR count). The Labute approximate surface area is 171 Å². The van der Waals surface area contributed by atoms with E-state index in [0.29, 0.717) is 23.8 Å². The van der Waals surface area contributed by atoms with Crippen LogP contribution in [0.25, 0.3) is 10.9 Å². The van der Waals surface area contributed by atoms with Crippen LogP contribution in [-0.2, 0) is 13.1 Å². The molecule has 0 spiro atoms. The second kappa shape index (κ2) is 6.89. The third-order valence-electron chi connectivity index (χ3n) is 4.96. The van der Waals surface area contributed by atoms with E-state index in [2.05, 4.69) is 25.3 Å². The van der Waals surface area contributed by atoms with Gasteiger partial charge in [-0.15, -0.1) is 11.3 Å². The van der Waals surface area contributed by atoms with E-state index in [1.54, 1.807) is 11.1 Å². The number of carbonyl (C=O) groups excluding carboxylic acids is 1. The fraction of sp³-hybridized carbons (Fsp3) is 0.190. The van der Waals surface area contributed by atoms with Crippen LogP contribution in [-0.4, -0.2) is 30.7 Å². The highest BCUT2D eigenvalue weighted by atomic mass is 32.1. The largest absolute Gasteiger partial charge is 0.339 e. The average molecular weight is 402 g/mol. The van der Waals surface area contributed by atoms with Gasteiger partial charge in [-0.25, -0.2) is 15.0 Å². The number of hydrogen-bond donors (Lipinski definition) is 1. The van der Waals surface area contributed by atoms with Crippen molar-refractivity contribution < 1.29 is 4.79 Å². The molecule has 1 aliphatic heterocycles. The fourth-order valence-electron chi connectivity index (χ4n) is 3.58. The maximum Gasteiger partial charge on any atom is 0.266 e. The Kier molecular flexibility index (Phi) is 4.21. The van der Waals surface area contributed by atoms with Crippen molar-refractivity contribution in [3.63, 3.8) is 0 Å². The molecule has 1 N–H and O–H groups in total. The van der Waals surface area contributed by atoms with Gasteiger partial charge in [-0.05, 0) is 26.0 Å². The molecule has 0 bridgehead atoms. The highest BCUT2D eigenvalue weighted by Crippen LogP contribution is 2.31. The first kappa shape index (κ1) is 17.7. The molecular weight excluding hydrogens is 384 g/mol. The molecule has 1 aliphatic rings. The quantitative estimate of drug-likeness (QED) is 0.558. The van der Waals surface area contributed by atoms with Gasteiger partial charge >= 0.3 is 0 Å². The first-order chi connectivity index (χ1) is 14.1. The lowest BCUT2D eigenvalue weighted by atomic mass is 10.2. The van der Waals surface area contributed by atoms with E-state index in [9.17, 15) is 4.79 Å². The molecule has 0 unspecified atom stereocenters. The van der Waals surface area contributed by atoms with Crippen molar-refractivity contribution in [1.82, 2.24) is 24.8 Å². The molecule has 1 aromatic carbocycles. The minimum atomic E-state index is -0.00979. The molecule has 0 aliphatic carbocycles. The summed E-state index contributed by atoms with van der Waals surface area (Å²) < 4.78 is 0. The Morgan fingerprint density at radius 3 is 2.83 bits per heavy atom. The number of anilines is 2. The number of carbonyl (C=O) groups is 1. The molecule has 7 nitrogen and oxygen atoms in total. The number of nitrogens with zero attached hydrogens (tertiary/aromatic N) is 5. The average Bonchev–Trinajstić information content (AvgIpc) is 3.31. The van der Waals surface area contributed by atoms with E-state index in [0.717, 1.165) is 38.5 Å². The van der Waals surface area contributed by atoms with E-state index in [-0.39, 0.29) is 5.91 Å². The van der Waals surface area contributed by atoms with Crippen LogP contribution in [0.1, 0.15) is 31.6 Å². The zero-order chi connectivity index (χ0) is 20.0. The number of thiazole rings is 1. The minimum absolute atomic E-state index is 0.00979. The summed E-state index contributed by atoms with van der Waals surface area (Å²) in [4.78, 5) is 33.1. The summed E-state index contributed by atoms with van der Waals surface area (Å²) in [5, 5.41) is 5.30. The zero-order valence-electron chi connectivity index (χ0n) is 16.0. The van der Waals surface area contributed by atoms with Crippen LogP contribution < -0.4 is 5.32 Å². The number of aryl methyl sites for hydroxylation is 2. The molecule has 4 aromatic rings. The van der Waals surface area contributed by atoms with Gasteiger partial charge in [-0.3, -0.25) is 9.78 Å². The van der Waals surface area contributed by atoms with E-state index >= 15 is 0 Å². The van der Waals surface area contributed by atoms with Crippen LogP contribution in [0.15, 0.2) is 42.9 Å². The van der Waals surface area contributed by atoms with Crippen molar-refractivity contribution in [2.24, 2.45) is 0 Å². The van der Waals surface area contributed by atoms with E-state index < -0.39 is 0 Å². The third-order valence-corrected chi connectivity index (χ3v) is 6.02. The molecule has 0 radical (unpaired) electrons. The van der Waals surface area contributed by atoms with Crippen LogP contribution in [0.4, 0.5) is 11.5 Å². The van der Waals surface area contributed by atoms with Crippen LogP contribution in [0, 0.1) is 13.8 Å². The van der Waals surface area contributed by atoms with Crippen LogP contribution >= 0.6 is 11.3 Å². The highest BCUT2D eigenvalue weighted by Gasteiger charge is 2.30. The van der Waals surface area contributed by atoms with Gasteiger partial charge in [0.2, 0.25) is 0 Å². The van der Waals surface area contributed by atoms with Crippen molar-refractivity contribution >= 4 is 39.7 Å². The number of pyridine rings is 1. The van der Waals surface area contributed by atoms with Gasteiger partial charge in [0.15, 0.2) is 0 Å². The molecule has 0 atom stereocenters. The van der Waals surface area contributed by atoms with Gasteiger partial charge < -0.3 is 10.2 Å². The van der Waals surface area contributed by atoms with Gasteiger partial charge in [0, 0.05) is 10.9 Å². The molecule has 0 saturated carbocycles. The van der Waals surface area contributed by atoms with Crippen molar-refractivity contribution in [1.29, 1.82) is 0 Å². The summed E-state index contributed by atoms with van der Waals surface area (Å²) in [5.41, 5.74) is 4.37. The maximum absolute atomic E-state index is 13.0. The summed E-state index contributed by atoms with van der Waals surface area (Å²) in [6.45, 7) is 4.73. The molecule has 29 heavy (non-hydrogen) atoms. The monoisotopic (exact) mass is 402 g/mol. The first-order valence-corrected chi connectivity index (χ1v) is 10.1. The van der Waals surface area contributed by atoms with E-state index in [1.807, 2.05) is 44.2 Å². The standard InChI is InChI=1S/C21H18N6OS/c1-12-19(29-13(2)25-12)21(28)27-9-16-18(10-27)23-11-24-20(16)26-15-7-14-5-3-4-6-17(14)22-8-15/h3-8,11H,9-10H2,1-2H3,(H,23,24,26). The highest BCUT2D eigenvalue weighted by molar-refractivity contribution is 7.13. The van der Waals surface area contributed by atoms with Gasteiger partial charge in [-0.2, -0.15) is 0 Å². The molecule has 8 heteroatoms. The molecule has 0 saturated heterocycles. The Balaban J connectivity index is 1.42. The predicted molar refractivity (Wildman–Crippen MR) is 112 cm³/mol. The molecule has 0 fully saturated rings. The molecule has 144 valence electrons. The van der Waals surface area contributed by atoms with E-state index in [4.69, 9.17) is 0 Å². The van der Waals surface area contributed by atoms with Crippen molar-refractivity contribution in [3.8, 4) is 0 Å². The van der Waals surface area contributed by atoms with Gasteiger partial charge in [0.05, 0.1) is 46.9 Å². The molecule has 1 amide bonds. The third kappa shape index (κ3) is 3.21. The number of hydrogen-bond acceptors (Lipinski definition) is 7. The maximum atomic E-state index is 13.0.